The number of nitrogens with zero attached hydrogens (tertiary/aromatic N) is 4. The predicted octanol–water partition coefficient (Wildman–Crippen LogP) is 3.60. The second kappa shape index (κ2) is 8.97. The molecule has 0 radical (unpaired) electrons. The minimum absolute atomic E-state index is 0.0105. The lowest BCUT2D eigenvalue weighted by Crippen LogP contribution is -2.31. The normalized spacial score (nSPS) is 10.8. The van der Waals surface area contributed by atoms with Crippen molar-refractivity contribution in [2.75, 3.05) is 11.1 Å². The van der Waals surface area contributed by atoms with E-state index in [0.29, 0.717) is 16.4 Å². The quantitative estimate of drug-likeness (QED) is 0.451. The molecule has 31 heavy (non-hydrogen) atoms. The van der Waals surface area contributed by atoms with Gasteiger partial charge in [-0.2, -0.15) is 10.1 Å². The van der Waals surface area contributed by atoms with Crippen LogP contribution in [-0.2, 0) is 7.05 Å². The summed E-state index contributed by atoms with van der Waals surface area (Å²) in [5.74, 6) is 0.401. The average Bonchev–Trinajstić information content (AvgIpc) is 3.23. The van der Waals surface area contributed by atoms with Crippen molar-refractivity contribution in [1.29, 1.82) is 0 Å². The van der Waals surface area contributed by atoms with E-state index < -0.39 is 11.5 Å². The Morgan fingerprint density at radius 1 is 1.06 bits per heavy atom. The van der Waals surface area contributed by atoms with Crippen LogP contribution in [0.5, 0.6) is 0 Å². The van der Waals surface area contributed by atoms with Crippen LogP contribution >= 0.6 is 11.8 Å². The molecule has 0 atom stereocenters. The number of amides is 1. The Hall–Kier alpha value is -3.72. The molecule has 2 aromatic carbocycles. The molecule has 8 nitrogen and oxygen atoms in total. The molecule has 0 aliphatic carbocycles. The lowest BCUT2D eigenvalue weighted by Gasteiger charge is -2.15. The van der Waals surface area contributed by atoms with Gasteiger partial charge in [-0.15, -0.1) is 5.10 Å². The monoisotopic (exact) mass is 432 g/mol. The maximum atomic E-state index is 13.3. The summed E-state index contributed by atoms with van der Waals surface area (Å²) < 4.78 is 1.18. The third kappa shape index (κ3) is 4.26. The van der Waals surface area contributed by atoms with Crippen LogP contribution in [0.25, 0.3) is 22.4 Å². The Bertz CT molecular complexity index is 1270. The zero-order valence-corrected chi connectivity index (χ0v) is 17.8. The third-order valence-corrected chi connectivity index (χ3v) is 5.28. The van der Waals surface area contributed by atoms with Crippen molar-refractivity contribution in [2.24, 2.45) is 7.05 Å². The van der Waals surface area contributed by atoms with E-state index in [-0.39, 0.29) is 11.5 Å². The summed E-state index contributed by atoms with van der Waals surface area (Å²) in [7, 11) is 1.53. The SMILES string of the molecule is CCSc1n[nH]c(NC(=O)c2c(-c3ccccc3)c(-c3ccccc3)nn(C)c2=O)n1. The van der Waals surface area contributed by atoms with Gasteiger partial charge in [0.05, 0.1) is 5.69 Å². The summed E-state index contributed by atoms with van der Waals surface area (Å²) in [5.41, 5.74) is 2.01. The molecule has 0 fully saturated rings. The highest BCUT2D eigenvalue weighted by Crippen LogP contribution is 2.32. The molecule has 0 spiro atoms. The van der Waals surface area contributed by atoms with E-state index in [0.717, 1.165) is 16.9 Å². The van der Waals surface area contributed by atoms with Gasteiger partial charge in [0.2, 0.25) is 11.1 Å². The van der Waals surface area contributed by atoms with Crippen LogP contribution in [-0.4, -0.2) is 36.6 Å². The Kier molecular flexibility index (Phi) is 5.94. The van der Waals surface area contributed by atoms with Gasteiger partial charge < -0.3 is 0 Å². The molecule has 0 saturated carbocycles. The topological polar surface area (TPSA) is 106 Å². The highest BCUT2D eigenvalue weighted by molar-refractivity contribution is 7.99. The van der Waals surface area contributed by atoms with Crippen molar-refractivity contribution < 1.29 is 4.79 Å². The molecule has 0 aliphatic heterocycles. The smallest absolute Gasteiger partial charge is 0.280 e. The number of hydrogen-bond acceptors (Lipinski definition) is 6. The fourth-order valence-electron chi connectivity index (χ4n) is 3.19. The standard InChI is InChI=1S/C22H20N6O2S/c1-3-31-22-24-21(25-26-22)23-19(29)17-16(14-10-6-4-7-11-14)18(27-28(2)20(17)30)15-12-8-5-9-13-15/h4-13H,3H2,1-2H3,(H2,23,24,25,26,29). The highest BCUT2D eigenvalue weighted by atomic mass is 32.2. The lowest BCUT2D eigenvalue weighted by atomic mass is 9.95. The van der Waals surface area contributed by atoms with Crippen LogP contribution in [0.1, 0.15) is 17.3 Å². The Morgan fingerprint density at radius 3 is 2.35 bits per heavy atom. The van der Waals surface area contributed by atoms with Crippen LogP contribution in [0.4, 0.5) is 5.95 Å². The second-order valence-electron chi connectivity index (χ2n) is 6.61. The summed E-state index contributed by atoms with van der Waals surface area (Å²) in [6.45, 7) is 1.98. The molecule has 9 heteroatoms. The van der Waals surface area contributed by atoms with Crippen LogP contribution in [0.2, 0.25) is 0 Å². The van der Waals surface area contributed by atoms with E-state index in [1.807, 2.05) is 67.6 Å². The van der Waals surface area contributed by atoms with Gasteiger partial charge in [-0.05, 0) is 11.3 Å². The molecule has 1 amide bonds. The van der Waals surface area contributed by atoms with Crippen molar-refractivity contribution in [3.8, 4) is 22.4 Å². The van der Waals surface area contributed by atoms with E-state index >= 15 is 0 Å². The van der Waals surface area contributed by atoms with Crippen molar-refractivity contribution in [1.82, 2.24) is 25.0 Å². The lowest BCUT2D eigenvalue weighted by molar-refractivity contribution is 0.102. The first-order valence-corrected chi connectivity index (χ1v) is 10.7. The van der Waals surface area contributed by atoms with Crippen LogP contribution in [0.3, 0.4) is 0 Å². The van der Waals surface area contributed by atoms with Crippen molar-refractivity contribution >= 4 is 23.6 Å². The van der Waals surface area contributed by atoms with Gasteiger partial charge in [-0.25, -0.2) is 9.78 Å². The Morgan fingerprint density at radius 2 is 1.71 bits per heavy atom. The number of aromatic nitrogens is 5. The number of benzene rings is 2. The largest absolute Gasteiger partial charge is 0.291 e. The summed E-state index contributed by atoms with van der Waals surface area (Å²) in [6.07, 6.45) is 0. The van der Waals surface area contributed by atoms with Crippen molar-refractivity contribution in [3.63, 3.8) is 0 Å². The number of hydrogen-bond donors (Lipinski definition) is 2. The Balaban J connectivity index is 1.89. The first kappa shape index (κ1) is 20.5. The Labute approximate surface area is 182 Å². The van der Waals surface area contributed by atoms with E-state index in [2.05, 4.69) is 25.6 Å². The van der Waals surface area contributed by atoms with Gasteiger partial charge in [0.25, 0.3) is 11.5 Å². The van der Waals surface area contributed by atoms with E-state index in [4.69, 9.17) is 0 Å². The summed E-state index contributed by atoms with van der Waals surface area (Å²) in [5, 5.41) is 14.4. The number of nitrogens with one attached hydrogen (secondary N) is 2. The van der Waals surface area contributed by atoms with Crippen molar-refractivity contribution in [3.05, 3.63) is 76.6 Å². The van der Waals surface area contributed by atoms with E-state index in [9.17, 15) is 9.59 Å². The first-order valence-electron chi connectivity index (χ1n) is 9.67. The van der Waals surface area contributed by atoms with E-state index in [1.54, 1.807) is 0 Å². The maximum Gasteiger partial charge on any atom is 0.280 e. The number of rotatable bonds is 6. The van der Waals surface area contributed by atoms with Gasteiger partial charge in [-0.3, -0.25) is 14.9 Å². The van der Waals surface area contributed by atoms with Gasteiger partial charge in [0.1, 0.15) is 5.56 Å². The molecule has 2 aromatic heterocycles. The van der Waals surface area contributed by atoms with Gasteiger partial charge in [0, 0.05) is 18.2 Å². The first-order chi connectivity index (χ1) is 15.1. The fraction of sp³-hybridized carbons (Fsp3) is 0.136. The van der Waals surface area contributed by atoms with Crippen molar-refractivity contribution in [2.45, 2.75) is 12.1 Å². The number of anilines is 1. The van der Waals surface area contributed by atoms with E-state index in [1.165, 1.54) is 23.5 Å². The third-order valence-electron chi connectivity index (χ3n) is 4.55. The minimum Gasteiger partial charge on any atom is -0.291 e. The molecule has 2 heterocycles. The molecule has 4 aromatic rings. The molecule has 0 aliphatic rings. The highest BCUT2D eigenvalue weighted by Gasteiger charge is 2.25. The molecule has 0 saturated heterocycles. The van der Waals surface area contributed by atoms with Crippen LogP contribution < -0.4 is 10.9 Å². The average molecular weight is 433 g/mol. The summed E-state index contributed by atoms with van der Waals surface area (Å²) in [6, 6.07) is 18.8. The zero-order chi connectivity index (χ0) is 21.8. The summed E-state index contributed by atoms with van der Waals surface area (Å²) in [4.78, 5) is 30.6. The summed E-state index contributed by atoms with van der Waals surface area (Å²) >= 11 is 1.44. The molecule has 4 rings (SSSR count). The zero-order valence-electron chi connectivity index (χ0n) is 17.0. The molecule has 156 valence electrons. The number of aryl methyl sites for hydroxylation is 1. The maximum absolute atomic E-state index is 13.3. The van der Waals surface area contributed by atoms with Crippen LogP contribution in [0.15, 0.2) is 70.6 Å². The van der Waals surface area contributed by atoms with Gasteiger partial charge in [-0.1, -0.05) is 79.3 Å². The predicted molar refractivity (Wildman–Crippen MR) is 121 cm³/mol. The molecule has 0 bridgehead atoms. The van der Waals surface area contributed by atoms with Gasteiger partial charge in [0.15, 0.2) is 0 Å². The second-order valence-corrected chi connectivity index (χ2v) is 7.84. The number of aromatic amines is 1. The number of thioether (sulfide) groups is 1. The van der Waals surface area contributed by atoms with Crippen LogP contribution in [0, 0.1) is 0 Å². The fourth-order valence-corrected chi connectivity index (χ4v) is 3.72. The number of carbonyl (C=O) groups excluding carboxylic acids is 1. The molecular formula is C22H20N6O2S. The number of carbonyl (C=O) groups is 1. The molecule has 2 N–H and O–H groups in total. The van der Waals surface area contributed by atoms with Gasteiger partial charge >= 0.3 is 0 Å². The molecular weight excluding hydrogens is 412 g/mol. The minimum atomic E-state index is -0.580. The number of H-pyrrole nitrogens is 1. The molecule has 0 unspecified atom stereocenters.